The number of ether oxygens (including phenoxy) is 1. The highest BCUT2D eigenvalue weighted by Crippen LogP contribution is 2.33. The Hall–Kier alpha value is -3.40. The third-order valence-corrected chi connectivity index (χ3v) is 5.30. The van der Waals surface area contributed by atoms with E-state index in [4.69, 9.17) is 4.74 Å². The number of benzene rings is 2. The Bertz CT molecular complexity index is 1090. The van der Waals surface area contributed by atoms with Gasteiger partial charge < -0.3 is 4.74 Å². The highest BCUT2D eigenvalue weighted by molar-refractivity contribution is 7.13. The van der Waals surface area contributed by atoms with E-state index in [2.05, 4.69) is 15.8 Å². The molecule has 0 bridgehead atoms. The molecule has 10 heteroatoms. The first kappa shape index (κ1) is 19.9. The fraction of sp³-hybridized carbons (Fsp3) is 0.150. The molecule has 2 heterocycles. The second-order valence-electron chi connectivity index (χ2n) is 6.48. The first-order chi connectivity index (χ1) is 14.3. The molecule has 30 heavy (non-hydrogen) atoms. The maximum absolute atomic E-state index is 12.9. The maximum atomic E-state index is 12.9. The van der Waals surface area contributed by atoms with Gasteiger partial charge >= 0.3 is 6.18 Å². The SMILES string of the molecule is O=C(NNC(=O)C1Cc2ccccc2O1)c1csc(-c2cccc(C(F)(F)F)c2)n1. The largest absolute Gasteiger partial charge is 0.480 e. The Morgan fingerprint density at radius 1 is 1.10 bits per heavy atom. The molecule has 0 aliphatic carbocycles. The van der Waals surface area contributed by atoms with Crippen molar-refractivity contribution in [3.05, 3.63) is 70.7 Å². The predicted molar refractivity (Wildman–Crippen MR) is 103 cm³/mol. The van der Waals surface area contributed by atoms with Crippen LogP contribution in [-0.4, -0.2) is 22.9 Å². The minimum Gasteiger partial charge on any atom is -0.480 e. The Morgan fingerprint density at radius 3 is 2.67 bits per heavy atom. The van der Waals surface area contributed by atoms with Crippen LogP contribution in [0.2, 0.25) is 0 Å². The Kier molecular flexibility index (Phi) is 5.17. The summed E-state index contributed by atoms with van der Waals surface area (Å²) in [5, 5.41) is 1.66. The van der Waals surface area contributed by atoms with E-state index in [0.717, 1.165) is 29.0 Å². The van der Waals surface area contributed by atoms with Gasteiger partial charge in [-0.1, -0.05) is 30.3 Å². The average Bonchev–Trinajstić information content (AvgIpc) is 3.38. The number of fused-ring (bicyclic) bond motifs is 1. The summed E-state index contributed by atoms with van der Waals surface area (Å²) < 4.78 is 44.2. The first-order valence-electron chi connectivity index (χ1n) is 8.79. The van der Waals surface area contributed by atoms with Crippen LogP contribution in [-0.2, 0) is 17.4 Å². The van der Waals surface area contributed by atoms with Crippen LogP contribution < -0.4 is 15.6 Å². The zero-order chi connectivity index (χ0) is 21.3. The van der Waals surface area contributed by atoms with E-state index in [1.54, 1.807) is 12.1 Å². The van der Waals surface area contributed by atoms with Crippen LogP contribution in [0.4, 0.5) is 13.2 Å². The lowest BCUT2D eigenvalue weighted by Crippen LogP contribution is -2.47. The topological polar surface area (TPSA) is 80.3 Å². The van der Waals surface area contributed by atoms with Gasteiger partial charge in [-0.15, -0.1) is 11.3 Å². The van der Waals surface area contributed by atoms with Crippen molar-refractivity contribution >= 4 is 23.2 Å². The van der Waals surface area contributed by atoms with Gasteiger partial charge in [-0.2, -0.15) is 13.2 Å². The second-order valence-corrected chi connectivity index (χ2v) is 7.34. The number of aromatic nitrogens is 1. The lowest BCUT2D eigenvalue weighted by Gasteiger charge is -2.11. The number of para-hydroxylation sites is 1. The number of amides is 2. The highest BCUT2D eigenvalue weighted by Gasteiger charge is 2.31. The van der Waals surface area contributed by atoms with Crippen molar-refractivity contribution in [2.24, 2.45) is 0 Å². The molecule has 1 aliphatic heterocycles. The van der Waals surface area contributed by atoms with Gasteiger partial charge in [0.15, 0.2) is 6.10 Å². The standard InChI is InChI=1S/C20H14F3N3O3S/c21-20(22,23)13-6-3-5-12(8-13)19-24-14(10-30-19)17(27)25-26-18(28)16-9-11-4-1-2-7-15(11)29-16/h1-8,10,16H,9H2,(H,25,27)(H,26,28). The normalized spacial score (nSPS) is 15.2. The number of halogens is 3. The molecular formula is C20H14F3N3O3S. The summed E-state index contributed by atoms with van der Waals surface area (Å²) >= 11 is 1.02. The van der Waals surface area contributed by atoms with Crippen molar-refractivity contribution in [3.63, 3.8) is 0 Å². The van der Waals surface area contributed by atoms with Crippen molar-refractivity contribution in [2.75, 3.05) is 0 Å². The lowest BCUT2D eigenvalue weighted by molar-refractivity contribution is -0.137. The average molecular weight is 433 g/mol. The molecule has 6 nitrogen and oxygen atoms in total. The van der Waals surface area contributed by atoms with Crippen molar-refractivity contribution in [1.29, 1.82) is 0 Å². The van der Waals surface area contributed by atoms with Crippen LogP contribution in [0.25, 0.3) is 10.6 Å². The summed E-state index contributed by atoms with van der Waals surface area (Å²) in [5.41, 5.74) is 4.85. The van der Waals surface area contributed by atoms with Crippen LogP contribution in [0.3, 0.4) is 0 Å². The molecule has 2 N–H and O–H groups in total. The van der Waals surface area contributed by atoms with E-state index in [9.17, 15) is 22.8 Å². The van der Waals surface area contributed by atoms with E-state index >= 15 is 0 Å². The molecule has 154 valence electrons. The summed E-state index contributed by atoms with van der Waals surface area (Å²) in [6.45, 7) is 0. The van der Waals surface area contributed by atoms with Gasteiger partial charge in [-0.3, -0.25) is 20.4 Å². The van der Waals surface area contributed by atoms with E-state index in [0.29, 0.717) is 12.2 Å². The highest BCUT2D eigenvalue weighted by atomic mass is 32.1. The molecule has 4 rings (SSSR count). The maximum Gasteiger partial charge on any atom is 0.416 e. The minimum atomic E-state index is -4.47. The summed E-state index contributed by atoms with van der Waals surface area (Å²) in [7, 11) is 0. The number of alkyl halides is 3. The molecule has 0 saturated carbocycles. The molecule has 3 aromatic rings. The summed E-state index contributed by atoms with van der Waals surface area (Å²) in [6.07, 6.45) is -4.85. The molecule has 0 fully saturated rings. The first-order valence-corrected chi connectivity index (χ1v) is 9.67. The molecule has 2 amide bonds. The molecule has 0 radical (unpaired) electrons. The number of nitrogens with zero attached hydrogens (tertiary/aromatic N) is 1. The molecule has 1 atom stereocenters. The molecule has 1 aliphatic rings. The van der Waals surface area contributed by atoms with Crippen molar-refractivity contribution in [3.8, 4) is 16.3 Å². The quantitative estimate of drug-likeness (QED) is 0.619. The van der Waals surface area contributed by atoms with Gasteiger partial charge in [0.05, 0.1) is 5.56 Å². The van der Waals surface area contributed by atoms with Gasteiger partial charge in [0.1, 0.15) is 16.5 Å². The van der Waals surface area contributed by atoms with Crippen molar-refractivity contribution < 1.29 is 27.5 Å². The van der Waals surface area contributed by atoms with Gasteiger partial charge in [0, 0.05) is 17.4 Å². The van der Waals surface area contributed by atoms with E-state index in [1.807, 2.05) is 12.1 Å². The fourth-order valence-electron chi connectivity index (χ4n) is 2.93. The van der Waals surface area contributed by atoms with Gasteiger partial charge in [0.2, 0.25) is 0 Å². The van der Waals surface area contributed by atoms with Crippen LogP contribution in [0, 0.1) is 0 Å². The summed E-state index contributed by atoms with van der Waals surface area (Å²) in [4.78, 5) is 28.6. The summed E-state index contributed by atoms with van der Waals surface area (Å²) in [6, 6.07) is 11.9. The molecule has 0 saturated heterocycles. The predicted octanol–water partition coefficient (Wildman–Crippen LogP) is 3.59. The molecule has 2 aromatic carbocycles. The Balaban J connectivity index is 1.38. The third-order valence-electron chi connectivity index (χ3n) is 4.41. The number of nitrogens with one attached hydrogen (secondary N) is 2. The van der Waals surface area contributed by atoms with Gasteiger partial charge in [-0.05, 0) is 23.8 Å². The number of hydrogen-bond donors (Lipinski definition) is 2. The van der Waals surface area contributed by atoms with Gasteiger partial charge in [-0.25, -0.2) is 4.98 Å². The number of rotatable bonds is 3. The number of hydrogen-bond acceptors (Lipinski definition) is 5. The zero-order valence-corrected chi connectivity index (χ0v) is 16.0. The molecule has 1 unspecified atom stereocenters. The fourth-order valence-corrected chi connectivity index (χ4v) is 3.73. The van der Waals surface area contributed by atoms with Crippen molar-refractivity contribution in [1.82, 2.24) is 15.8 Å². The number of carbonyl (C=O) groups excluding carboxylic acids is 2. The third kappa shape index (κ3) is 4.13. The van der Waals surface area contributed by atoms with E-state index < -0.39 is 29.7 Å². The molecule has 1 aromatic heterocycles. The Labute approximate surface area is 172 Å². The van der Waals surface area contributed by atoms with Crippen LogP contribution in [0.1, 0.15) is 21.6 Å². The number of thiazole rings is 1. The molecule has 0 spiro atoms. The van der Waals surface area contributed by atoms with Gasteiger partial charge in [0.25, 0.3) is 11.8 Å². The van der Waals surface area contributed by atoms with Crippen LogP contribution >= 0.6 is 11.3 Å². The summed E-state index contributed by atoms with van der Waals surface area (Å²) in [5.74, 6) is -0.588. The van der Waals surface area contributed by atoms with Crippen LogP contribution in [0.15, 0.2) is 53.9 Å². The van der Waals surface area contributed by atoms with E-state index in [1.165, 1.54) is 17.5 Å². The second kappa shape index (κ2) is 7.79. The number of carbonyl (C=O) groups is 2. The monoisotopic (exact) mass is 433 g/mol. The number of hydrazine groups is 1. The van der Waals surface area contributed by atoms with E-state index in [-0.39, 0.29) is 16.3 Å². The Morgan fingerprint density at radius 2 is 1.90 bits per heavy atom. The van der Waals surface area contributed by atoms with Crippen LogP contribution in [0.5, 0.6) is 5.75 Å². The minimum absolute atomic E-state index is 0.0247. The lowest BCUT2D eigenvalue weighted by atomic mass is 10.1. The zero-order valence-electron chi connectivity index (χ0n) is 15.2. The molecular weight excluding hydrogens is 419 g/mol. The van der Waals surface area contributed by atoms with Crippen molar-refractivity contribution in [2.45, 2.75) is 18.7 Å². The smallest absolute Gasteiger partial charge is 0.416 e.